The van der Waals surface area contributed by atoms with E-state index in [1.54, 1.807) is 24.3 Å². The van der Waals surface area contributed by atoms with Crippen LogP contribution in [0, 0.1) is 0 Å². The first-order valence-electron chi connectivity index (χ1n) is 9.64. The number of nitrogens with zero attached hydrogens (tertiary/aromatic N) is 5. The number of methoxy groups -OCH3 is 1. The third-order valence-electron chi connectivity index (χ3n) is 4.77. The van der Waals surface area contributed by atoms with Gasteiger partial charge in [-0.3, -0.25) is 14.2 Å². The van der Waals surface area contributed by atoms with Crippen LogP contribution >= 0.6 is 0 Å². The van der Waals surface area contributed by atoms with Gasteiger partial charge in [0.05, 0.1) is 24.9 Å². The van der Waals surface area contributed by atoms with Crippen molar-refractivity contribution >= 4 is 22.8 Å². The predicted molar refractivity (Wildman–Crippen MR) is 112 cm³/mol. The first-order chi connectivity index (χ1) is 15.8. The number of fused-ring (bicyclic) bond motifs is 1. The fourth-order valence-electron chi connectivity index (χ4n) is 3.22. The van der Waals surface area contributed by atoms with Crippen molar-refractivity contribution in [1.82, 2.24) is 24.5 Å². The van der Waals surface area contributed by atoms with E-state index in [0.29, 0.717) is 17.0 Å². The third kappa shape index (κ3) is 4.68. The summed E-state index contributed by atoms with van der Waals surface area (Å²) in [6.45, 7) is -0.397. The van der Waals surface area contributed by atoms with Gasteiger partial charge in [-0.25, -0.2) is 9.67 Å². The number of benzene rings is 2. The second-order valence-corrected chi connectivity index (χ2v) is 7.04. The Labute approximate surface area is 184 Å². The Bertz CT molecular complexity index is 1380. The van der Waals surface area contributed by atoms with Crippen LogP contribution < -0.4 is 15.6 Å². The molecule has 0 saturated carbocycles. The van der Waals surface area contributed by atoms with E-state index >= 15 is 0 Å². The molecule has 1 amide bonds. The van der Waals surface area contributed by atoms with Crippen molar-refractivity contribution in [1.29, 1.82) is 0 Å². The highest BCUT2D eigenvalue weighted by molar-refractivity contribution is 5.92. The number of ether oxygens (including phenoxy) is 1. The number of nitrogens with one attached hydrogen (secondary N) is 1. The molecule has 0 saturated heterocycles. The summed E-state index contributed by atoms with van der Waals surface area (Å²) >= 11 is 0. The Morgan fingerprint density at radius 1 is 1.15 bits per heavy atom. The van der Waals surface area contributed by atoms with Crippen molar-refractivity contribution in [2.24, 2.45) is 0 Å². The van der Waals surface area contributed by atoms with Crippen molar-refractivity contribution in [2.75, 3.05) is 12.4 Å². The number of aromatic nitrogens is 5. The van der Waals surface area contributed by atoms with Crippen LogP contribution in [0.4, 0.5) is 18.9 Å². The molecule has 0 aliphatic heterocycles. The number of carbonyl (C=O) groups is 1. The van der Waals surface area contributed by atoms with E-state index < -0.39 is 23.2 Å². The van der Waals surface area contributed by atoms with Crippen molar-refractivity contribution in [2.45, 2.75) is 19.3 Å². The van der Waals surface area contributed by atoms with Crippen LogP contribution in [-0.4, -0.2) is 37.6 Å². The molecule has 2 aromatic carbocycles. The van der Waals surface area contributed by atoms with Crippen LogP contribution in [-0.2, 0) is 24.1 Å². The quantitative estimate of drug-likeness (QED) is 0.477. The maximum Gasteiger partial charge on any atom is 0.416 e. The Hall–Kier alpha value is -4.22. The molecule has 33 heavy (non-hydrogen) atoms. The molecule has 4 rings (SSSR count). The molecule has 1 N–H and O–H groups in total. The first kappa shape index (κ1) is 22.0. The Kier molecular flexibility index (Phi) is 5.82. The maximum absolute atomic E-state index is 13.0. The Morgan fingerprint density at radius 3 is 2.70 bits per heavy atom. The van der Waals surface area contributed by atoms with E-state index in [1.807, 2.05) is 0 Å². The van der Waals surface area contributed by atoms with Crippen LogP contribution in [0.3, 0.4) is 0 Å². The van der Waals surface area contributed by atoms with Crippen LogP contribution in [0.2, 0.25) is 0 Å². The van der Waals surface area contributed by atoms with E-state index in [-0.39, 0.29) is 24.3 Å². The van der Waals surface area contributed by atoms with E-state index in [1.165, 1.54) is 30.3 Å². The molecule has 0 spiro atoms. The van der Waals surface area contributed by atoms with E-state index in [9.17, 15) is 22.8 Å². The number of halogens is 3. The van der Waals surface area contributed by atoms with Crippen molar-refractivity contribution in [3.63, 3.8) is 0 Å². The number of anilines is 1. The minimum absolute atomic E-state index is 0.0643. The predicted octanol–water partition coefficient (Wildman–Crippen LogP) is 2.70. The molecule has 12 heteroatoms. The van der Waals surface area contributed by atoms with Crippen LogP contribution in [0.1, 0.15) is 11.1 Å². The number of alkyl halides is 3. The number of para-hydroxylation sites is 2. The van der Waals surface area contributed by atoms with E-state index in [0.717, 1.165) is 16.7 Å². The smallest absolute Gasteiger partial charge is 0.416 e. The van der Waals surface area contributed by atoms with Crippen molar-refractivity contribution in [3.05, 3.63) is 76.3 Å². The van der Waals surface area contributed by atoms with Gasteiger partial charge >= 0.3 is 6.18 Å². The lowest BCUT2D eigenvalue weighted by Gasteiger charge is -2.10. The van der Waals surface area contributed by atoms with Crippen molar-refractivity contribution < 1.29 is 22.7 Å². The zero-order valence-electron chi connectivity index (χ0n) is 17.2. The second-order valence-electron chi connectivity index (χ2n) is 7.04. The van der Waals surface area contributed by atoms with Gasteiger partial charge in [0.15, 0.2) is 11.2 Å². The topological polar surface area (TPSA) is 104 Å². The molecule has 0 fully saturated rings. The van der Waals surface area contributed by atoms with Gasteiger partial charge in [0.1, 0.15) is 18.6 Å². The third-order valence-corrected chi connectivity index (χ3v) is 4.77. The summed E-state index contributed by atoms with van der Waals surface area (Å²) in [5, 5.41) is 10.3. The molecule has 0 unspecified atom stereocenters. The fraction of sp³-hybridized carbons (Fsp3) is 0.190. The van der Waals surface area contributed by atoms with Gasteiger partial charge < -0.3 is 10.1 Å². The van der Waals surface area contributed by atoms with Crippen LogP contribution in [0.15, 0.2) is 59.7 Å². The number of amides is 1. The summed E-state index contributed by atoms with van der Waals surface area (Å²) in [4.78, 5) is 29.3. The average Bonchev–Trinajstić information content (AvgIpc) is 3.19. The minimum atomic E-state index is -4.48. The molecule has 2 heterocycles. The van der Waals surface area contributed by atoms with Gasteiger partial charge in [-0.2, -0.15) is 13.2 Å². The summed E-state index contributed by atoms with van der Waals surface area (Å²) in [5.41, 5.74) is -0.641. The Balaban J connectivity index is 1.55. The summed E-state index contributed by atoms with van der Waals surface area (Å²) in [6, 6.07) is 11.6. The number of hydrogen-bond donors (Lipinski definition) is 1. The molecule has 4 aromatic rings. The number of hydrogen-bond acceptors (Lipinski definition) is 6. The summed E-state index contributed by atoms with van der Waals surface area (Å²) in [7, 11) is 1.47. The molecule has 0 aliphatic carbocycles. The molecule has 2 aromatic heterocycles. The molecule has 170 valence electrons. The summed E-state index contributed by atoms with van der Waals surface area (Å²) in [6.07, 6.45) is -3.31. The molecule has 0 bridgehead atoms. The highest BCUT2D eigenvalue weighted by Crippen LogP contribution is 2.29. The lowest BCUT2D eigenvalue weighted by Crippen LogP contribution is -2.28. The van der Waals surface area contributed by atoms with Crippen molar-refractivity contribution in [3.8, 4) is 5.75 Å². The maximum atomic E-state index is 13.0. The molecule has 0 atom stereocenters. The summed E-state index contributed by atoms with van der Waals surface area (Å²) < 4.78 is 46.3. The number of carbonyl (C=O) groups excluding carboxylic acids is 1. The highest BCUT2D eigenvalue weighted by atomic mass is 19.4. The largest absolute Gasteiger partial charge is 0.495 e. The van der Waals surface area contributed by atoms with Gasteiger partial charge in [-0.1, -0.05) is 29.5 Å². The van der Waals surface area contributed by atoms with Gasteiger partial charge in [-0.05, 0) is 29.8 Å². The average molecular weight is 458 g/mol. The lowest BCUT2D eigenvalue weighted by atomic mass is 10.1. The van der Waals surface area contributed by atoms with Gasteiger partial charge in [0, 0.05) is 0 Å². The highest BCUT2D eigenvalue weighted by Gasteiger charge is 2.30. The molecular weight excluding hydrogens is 441 g/mol. The monoisotopic (exact) mass is 458 g/mol. The molecule has 9 nitrogen and oxygen atoms in total. The fourth-order valence-corrected chi connectivity index (χ4v) is 3.22. The van der Waals surface area contributed by atoms with Gasteiger partial charge in [0.2, 0.25) is 5.91 Å². The first-order valence-corrected chi connectivity index (χ1v) is 9.64. The minimum Gasteiger partial charge on any atom is -0.495 e. The van der Waals surface area contributed by atoms with Crippen LogP contribution in [0.25, 0.3) is 11.2 Å². The second kappa shape index (κ2) is 8.73. The molecule has 0 aliphatic rings. The lowest BCUT2D eigenvalue weighted by molar-refractivity contribution is -0.137. The van der Waals surface area contributed by atoms with E-state index in [4.69, 9.17) is 4.74 Å². The standard InChI is InChI=1S/C21H17F3N6O3/c1-33-16-8-3-2-7-15(16)26-17(31)11-29-12-25-19-18(20(29)32)27-28-30(19)10-13-5-4-6-14(9-13)21(22,23)24/h2-9,12H,10-11H2,1H3,(H,26,31). The normalized spacial score (nSPS) is 11.5. The molecular formula is C21H17F3N6O3. The van der Waals surface area contributed by atoms with Crippen LogP contribution in [0.5, 0.6) is 5.75 Å². The zero-order valence-corrected chi connectivity index (χ0v) is 17.2. The SMILES string of the molecule is COc1ccccc1NC(=O)Cn1cnc2c(nnn2Cc2cccc(C(F)(F)F)c2)c1=O. The molecule has 0 radical (unpaired) electrons. The van der Waals surface area contributed by atoms with E-state index in [2.05, 4.69) is 20.6 Å². The van der Waals surface area contributed by atoms with Gasteiger partial charge in [0.25, 0.3) is 5.56 Å². The Morgan fingerprint density at radius 2 is 1.94 bits per heavy atom. The summed E-state index contributed by atoms with van der Waals surface area (Å²) in [5.74, 6) is -0.0246. The van der Waals surface area contributed by atoms with Gasteiger partial charge in [-0.15, -0.1) is 5.10 Å². The zero-order chi connectivity index (χ0) is 23.6. The number of rotatable bonds is 6.